The quantitative estimate of drug-likeness (QED) is 0.746. The molecular formula is C19H25NO3. The van der Waals surface area contributed by atoms with E-state index in [4.69, 9.17) is 5.11 Å². The Morgan fingerprint density at radius 2 is 1.78 bits per heavy atom. The van der Waals surface area contributed by atoms with E-state index in [0.717, 1.165) is 6.42 Å². The van der Waals surface area contributed by atoms with Crippen LogP contribution in [0.25, 0.3) is 0 Å². The van der Waals surface area contributed by atoms with E-state index in [9.17, 15) is 9.59 Å². The highest BCUT2D eigenvalue weighted by molar-refractivity contribution is 6.04. The Balaban J connectivity index is 2.78. The van der Waals surface area contributed by atoms with Gasteiger partial charge in [0, 0.05) is 6.54 Å². The second-order valence-electron chi connectivity index (χ2n) is 5.80. The predicted molar refractivity (Wildman–Crippen MR) is 92.7 cm³/mol. The Kier molecular flexibility index (Phi) is 7.26. The summed E-state index contributed by atoms with van der Waals surface area (Å²) in [7, 11) is 0. The van der Waals surface area contributed by atoms with Crippen molar-refractivity contribution < 1.29 is 14.7 Å². The fourth-order valence-electron chi connectivity index (χ4n) is 2.24. The summed E-state index contributed by atoms with van der Waals surface area (Å²) in [5.74, 6) is -1.26. The van der Waals surface area contributed by atoms with Crippen molar-refractivity contribution in [3.05, 3.63) is 58.7 Å². The van der Waals surface area contributed by atoms with Gasteiger partial charge in [0.25, 0.3) is 5.91 Å². The molecule has 0 spiro atoms. The highest BCUT2D eigenvalue weighted by Crippen LogP contribution is 2.15. The van der Waals surface area contributed by atoms with Crippen molar-refractivity contribution >= 4 is 11.9 Å². The second-order valence-corrected chi connectivity index (χ2v) is 5.80. The summed E-state index contributed by atoms with van der Waals surface area (Å²) in [6, 6.07) is 6.24. The van der Waals surface area contributed by atoms with E-state index in [0.29, 0.717) is 6.54 Å². The largest absolute Gasteiger partial charge is 0.478 e. The summed E-state index contributed by atoms with van der Waals surface area (Å²) in [5, 5.41) is 12.0. The van der Waals surface area contributed by atoms with Crippen LogP contribution in [0.1, 0.15) is 54.8 Å². The SMILES string of the molecule is CC/C(=C\C=C(C)C)C(C)CNC(=O)c1ccccc1C(=O)O. The number of nitrogens with one attached hydrogen (secondary N) is 1. The maximum absolute atomic E-state index is 12.2. The number of amides is 1. The van der Waals surface area contributed by atoms with Crippen LogP contribution in [0.4, 0.5) is 0 Å². The first-order valence-electron chi connectivity index (χ1n) is 7.81. The first-order valence-corrected chi connectivity index (χ1v) is 7.81. The number of carboxylic acid groups (broad SMARTS) is 1. The molecule has 124 valence electrons. The first kappa shape index (κ1) is 18.7. The topological polar surface area (TPSA) is 66.4 Å². The number of carbonyl (C=O) groups excluding carboxylic acids is 1. The number of hydrogen-bond donors (Lipinski definition) is 2. The van der Waals surface area contributed by atoms with Gasteiger partial charge in [-0.1, -0.05) is 49.3 Å². The van der Waals surface area contributed by atoms with Crippen LogP contribution in [0.3, 0.4) is 0 Å². The number of benzene rings is 1. The van der Waals surface area contributed by atoms with Crippen molar-refractivity contribution in [1.82, 2.24) is 5.32 Å². The maximum Gasteiger partial charge on any atom is 0.336 e. The number of allylic oxidation sites excluding steroid dienone is 3. The number of carbonyl (C=O) groups is 2. The molecule has 0 saturated carbocycles. The molecule has 0 aliphatic rings. The number of hydrogen-bond acceptors (Lipinski definition) is 2. The van der Waals surface area contributed by atoms with Gasteiger partial charge in [-0.05, 0) is 38.3 Å². The van der Waals surface area contributed by atoms with Gasteiger partial charge in [0.2, 0.25) is 0 Å². The molecule has 0 bridgehead atoms. The molecular weight excluding hydrogens is 290 g/mol. The molecule has 0 saturated heterocycles. The van der Waals surface area contributed by atoms with E-state index >= 15 is 0 Å². The molecule has 0 fully saturated rings. The van der Waals surface area contributed by atoms with Crippen LogP contribution in [0.15, 0.2) is 47.6 Å². The molecule has 1 atom stereocenters. The molecule has 4 nitrogen and oxygen atoms in total. The van der Waals surface area contributed by atoms with E-state index in [2.05, 4.69) is 31.3 Å². The van der Waals surface area contributed by atoms with Crippen LogP contribution >= 0.6 is 0 Å². The van der Waals surface area contributed by atoms with Crippen molar-refractivity contribution in [1.29, 1.82) is 0 Å². The molecule has 1 amide bonds. The third-order valence-corrected chi connectivity index (χ3v) is 3.64. The molecule has 0 aliphatic carbocycles. The fraction of sp³-hybridized carbons (Fsp3) is 0.368. The van der Waals surface area contributed by atoms with Crippen LogP contribution in [-0.4, -0.2) is 23.5 Å². The molecule has 1 rings (SSSR count). The Labute approximate surface area is 137 Å². The minimum atomic E-state index is -1.10. The van der Waals surface area contributed by atoms with Gasteiger partial charge in [0.15, 0.2) is 0 Å². The molecule has 4 heteroatoms. The van der Waals surface area contributed by atoms with E-state index in [1.165, 1.54) is 23.3 Å². The molecule has 0 heterocycles. The molecule has 23 heavy (non-hydrogen) atoms. The molecule has 1 aromatic carbocycles. The summed E-state index contributed by atoms with van der Waals surface area (Å²) in [4.78, 5) is 23.4. The minimum absolute atomic E-state index is 0.0217. The van der Waals surface area contributed by atoms with Crippen molar-refractivity contribution in [2.45, 2.75) is 34.1 Å². The molecule has 2 N–H and O–H groups in total. The maximum atomic E-state index is 12.2. The Morgan fingerprint density at radius 1 is 1.17 bits per heavy atom. The van der Waals surface area contributed by atoms with Crippen molar-refractivity contribution in [3.63, 3.8) is 0 Å². The van der Waals surface area contributed by atoms with E-state index in [1.807, 2.05) is 13.8 Å². The van der Waals surface area contributed by atoms with Gasteiger partial charge < -0.3 is 10.4 Å². The summed E-state index contributed by atoms with van der Waals surface area (Å²) in [5.41, 5.74) is 2.69. The van der Waals surface area contributed by atoms with Crippen LogP contribution in [0.5, 0.6) is 0 Å². The van der Waals surface area contributed by atoms with Gasteiger partial charge in [0.05, 0.1) is 11.1 Å². The van der Waals surface area contributed by atoms with Gasteiger partial charge >= 0.3 is 5.97 Å². The van der Waals surface area contributed by atoms with E-state index in [1.54, 1.807) is 12.1 Å². The molecule has 0 radical (unpaired) electrons. The van der Waals surface area contributed by atoms with Gasteiger partial charge in [0.1, 0.15) is 0 Å². The fourth-order valence-corrected chi connectivity index (χ4v) is 2.24. The Bertz CT molecular complexity index is 625. The lowest BCUT2D eigenvalue weighted by molar-refractivity contribution is 0.0691. The monoisotopic (exact) mass is 315 g/mol. The molecule has 1 unspecified atom stereocenters. The summed E-state index contributed by atoms with van der Waals surface area (Å²) < 4.78 is 0. The zero-order chi connectivity index (χ0) is 17.4. The smallest absolute Gasteiger partial charge is 0.336 e. The molecule has 1 aromatic rings. The Hall–Kier alpha value is -2.36. The predicted octanol–water partition coefficient (Wildman–Crippen LogP) is 4.05. The highest BCUT2D eigenvalue weighted by atomic mass is 16.4. The van der Waals surface area contributed by atoms with Crippen LogP contribution in [-0.2, 0) is 0 Å². The van der Waals surface area contributed by atoms with E-state index < -0.39 is 5.97 Å². The van der Waals surface area contributed by atoms with Crippen LogP contribution in [0, 0.1) is 5.92 Å². The van der Waals surface area contributed by atoms with Crippen molar-refractivity contribution in [3.8, 4) is 0 Å². The zero-order valence-electron chi connectivity index (χ0n) is 14.2. The van der Waals surface area contributed by atoms with Crippen LogP contribution in [0.2, 0.25) is 0 Å². The zero-order valence-corrected chi connectivity index (χ0v) is 14.2. The Morgan fingerprint density at radius 3 is 2.30 bits per heavy atom. The lowest BCUT2D eigenvalue weighted by Gasteiger charge is -2.16. The van der Waals surface area contributed by atoms with Gasteiger partial charge in [-0.2, -0.15) is 0 Å². The number of carboxylic acids is 1. The van der Waals surface area contributed by atoms with Gasteiger partial charge in [-0.3, -0.25) is 4.79 Å². The van der Waals surface area contributed by atoms with Gasteiger partial charge in [-0.15, -0.1) is 0 Å². The third-order valence-electron chi connectivity index (χ3n) is 3.64. The lowest BCUT2D eigenvalue weighted by Crippen LogP contribution is -2.30. The van der Waals surface area contributed by atoms with E-state index in [-0.39, 0.29) is 23.0 Å². The highest BCUT2D eigenvalue weighted by Gasteiger charge is 2.16. The van der Waals surface area contributed by atoms with Crippen molar-refractivity contribution in [2.75, 3.05) is 6.54 Å². The lowest BCUT2D eigenvalue weighted by atomic mass is 9.97. The average Bonchev–Trinajstić information content (AvgIpc) is 2.52. The average molecular weight is 315 g/mol. The minimum Gasteiger partial charge on any atom is -0.478 e. The third kappa shape index (κ3) is 5.74. The number of rotatable bonds is 7. The van der Waals surface area contributed by atoms with Gasteiger partial charge in [-0.25, -0.2) is 4.79 Å². The second kappa shape index (κ2) is 8.93. The summed E-state index contributed by atoms with van der Waals surface area (Å²) >= 11 is 0. The molecule has 0 aliphatic heterocycles. The normalized spacial score (nSPS) is 12.4. The summed E-state index contributed by atoms with van der Waals surface area (Å²) in [6.45, 7) is 8.70. The first-order chi connectivity index (χ1) is 10.9. The molecule has 0 aromatic heterocycles. The van der Waals surface area contributed by atoms with Crippen LogP contribution < -0.4 is 5.32 Å². The van der Waals surface area contributed by atoms with Crippen molar-refractivity contribution in [2.24, 2.45) is 5.92 Å². The summed E-state index contributed by atoms with van der Waals surface area (Å²) in [6.07, 6.45) is 5.07. The standard InChI is InChI=1S/C19H25NO3/c1-5-15(11-10-13(2)3)14(4)12-20-18(21)16-8-6-7-9-17(16)19(22)23/h6-11,14H,5,12H2,1-4H3,(H,20,21)(H,22,23)/b15-11+. The number of aromatic carboxylic acids is 1.